The molecule has 210 valence electrons. The highest BCUT2D eigenvalue weighted by Crippen LogP contribution is 2.29. The monoisotopic (exact) mass is 561 g/mol. The van der Waals surface area contributed by atoms with E-state index < -0.39 is 12.2 Å². The van der Waals surface area contributed by atoms with Gasteiger partial charge in [0.25, 0.3) is 0 Å². The van der Waals surface area contributed by atoms with Crippen molar-refractivity contribution in [1.29, 1.82) is 0 Å². The Hall–Kier alpha value is -3.88. The maximum atomic E-state index is 11.1. The Morgan fingerprint density at radius 1 is 0.750 bits per heavy atom. The van der Waals surface area contributed by atoms with E-state index in [-0.39, 0.29) is 12.4 Å². The predicted molar refractivity (Wildman–Crippen MR) is 162 cm³/mol. The van der Waals surface area contributed by atoms with E-state index in [9.17, 15) is 15.0 Å². The zero-order chi connectivity index (χ0) is 27.3. The number of nitrogens with one attached hydrogen (secondary N) is 3. The number of ether oxygens (including phenoxy) is 1. The van der Waals surface area contributed by atoms with Gasteiger partial charge in [-0.15, -0.1) is 12.4 Å². The van der Waals surface area contributed by atoms with Crippen LogP contribution < -0.4 is 20.7 Å². The number of carbonyl (C=O) groups excluding carboxylic acids is 1. The van der Waals surface area contributed by atoms with Crippen LogP contribution in [0.4, 0.5) is 11.4 Å². The molecule has 2 atom stereocenters. The molecule has 0 aliphatic carbocycles. The van der Waals surface area contributed by atoms with Gasteiger partial charge in [0, 0.05) is 18.8 Å². The van der Waals surface area contributed by atoms with Crippen LogP contribution in [-0.2, 0) is 17.8 Å². The van der Waals surface area contributed by atoms with E-state index in [4.69, 9.17) is 4.74 Å². The molecule has 0 fully saturated rings. The number of amides is 1. The largest absolute Gasteiger partial charge is 0.487 e. The van der Waals surface area contributed by atoms with E-state index in [2.05, 4.69) is 28.1 Å². The Labute approximate surface area is 241 Å². The van der Waals surface area contributed by atoms with E-state index in [0.29, 0.717) is 49.7 Å². The normalized spacial score (nSPS) is 12.1. The minimum Gasteiger partial charge on any atom is -0.487 e. The lowest BCUT2D eigenvalue weighted by atomic mass is 10.1. The van der Waals surface area contributed by atoms with Gasteiger partial charge in [0.15, 0.2) is 0 Å². The smallest absolute Gasteiger partial charge is 0.211 e. The predicted octanol–water partition coefficient (Wildman–Crippen LogP) is 5.27. The number of hydrogen-bond donors (Lipinski definition) is 5. The van der Waals surface area contributed by atoms with Crippen molar-refractivity contribution >= 4 is 30.2 Å². The number of rotatable bonds is 15. The highest BCUT2D eigenvalue weighted by Gasteiger charge is 2.12. The van der Waals surface area contributed by atoms with Crippen LogP contribution >= 0.6 is 12.4 Å². The average molecular weight is 562 g/mol. The van der Waals surface area contributed by atoms with E-state index in [1.807, 2.05) is 78.9 Å². The first kappa shape index (κ1) is 30.7. The van der Waals surface area contributed by atoms with Gasteiger partial charge in [-0.05, 0) is 59.5 Å². The summed E-state index contributed by atoms with van der Waals surface area (Å²) in [6.45, 7) is 1.90. The Bertz CT molecular complexity index is 1290. The Morgan fingerprint density at radius 2 is 1.43 bits per heavy atom. The van der Waals surface area contributed by atoms with Crippen LogP contribution in [0.3, 0.4) is 0 Å². The molecule has 4 aromatic carbocycles. The van der Waals surface area contributed by atoms with Crippen molar-refractivity contribution in [2.45, 2.75) is 25.2 Å². The molecule has 1 amide bonds. The summed E-state index contributed by atoms with van der Waals surface area (Å²) in [6, 6.07) is 32.8. The van der Waals surface area contributed by atoms with Crippen LogP contribution in [0.1, 0.15) is 34.5 Å². The number of benzene rings is 4. The molecule has 0 saturated carbocycles. The molecule has 7 nitrogen and oxygen atoms in total. The lowest BCUT2D eigenvalue weighted by Crippen LogP contribution is -2.23. The lowest BCUT2D eigenvalue weighted by molar-refractivity contribution is -0.105. The first-order valence-electron chi connectivity index (χ1n) is 13.1. The molecule has 0 aliphatic rings. The molecule has 0 aliphatic heterocycles. The minimum atomic E-state index is -0.733. The fraction of sp³-hybridized carbons (Fsp3) is 0.219. The summed E-state index contributed by atoms with van der Waals surface area (Å²) in [5.41, 5.74) is 5.24. The third-order valence-corrected chi connectivity index (χ3v) is 6.41. The van der Waals surface area contributed by atoms with Gasteiger partial charge in [0.1, 0.15) is 12.4 Å². The van der Waals surface area contributed by atoms with Gasteiger partial charge in [0.05, 0.1) is 17.9 Å². The van der Waals surface area contributed by atoms with Crippen molar-refractivity contribution in [3.63, 3.8) is 0 Å². The SMILES string of the molecule is Cl.O=CNc1cc([C@@H](O)CNCCc2ccc(NC[C@H](O)c3ccccc3)cc2)ccc1OCc1ccccc1. The summed E-state index contributed by atoms with van der Waals surface area (Å²) in [5, 5.41) is 30.2. The Kier molecular flexibility index (Phi) is 12.5. The number of anilines is 2. The van der Waals surface area contributed by atoms with Crippen molar-refractivity contribution in [1.82, 2.24) is 5.32 Å². The zero-order valence-electron chi connectivity index (χ0n) is 22.2. The molecule has 0 heterocycles. The van der Waals surface area contributed by atoms with Crippen molar-refractivity contribution in [2.75, 3.05) is 30.3 Å². The fourth-order valence-corrected chi connectivity index (χ4v) is 4.18. The van der Waals surface area contributed by atoms with Crippen LogP contribution in [-0.4, -0.2) is 36.3 Å². The van der Waals surface area contributed by atoms with Gasteiger partial charge in [-0.1, -0.05) is 78.9 Å². The van der Waals surface area contributed by atoms with Gasteiger partial charge in [0.2, 0.25) is 6.41 Å². The molecular formula is C32H36ClN3O4. The third kappa shape index (κ3) is 9.39. The van der Waals surface area contributed by atoms with E-state index >= 15 is 0 Å². The summed E-state index contributed by atoms with van der Waals surface area (Å²) in [5.74, 6) is 0.544. The van der Waals surface area contributed by atoms with E-state index in [0.717, 1.165) is 23.2 Å². The third-order valence-electron chi connectivity index (χ3n) is 6.41. The molecule has 0 radical (unpaired) electrons. The van der Waals surface area contributed by atoms with Crippen LogP contribution in [0.15, 0.2) is 103 Å². The molecule has 4 rings (SSSR count). The van der Waals surface area contributed by atoms with Crippen LogP contribution in [0.5, 0.6) is 5.75 Å². The van der Waals surface area contributed by atoms with Gasteiger partial charge in [-0.25, -0.2) is 0 Å². The quantitative estimate of drug-likeness (QED) is 0.100. The average Bonchev–Trinajstić information content (AvgIpc) is 2.99. The van der Waals surface area contributed by atoms with Crippen LogP contribution in [0.25, 0.3) is 0 Å². The second kappa shape index (κ2) is 16.3. The standard InChI is InChI=1S/C32H35N3O4.ClH/c36-23-35-29-19-27(13-16-32(29)39-22-25-7-3-1-4-8-25)30(37)20-33-18-17-24-11-14-28(15-12-24)34-21-31(38)26-9-5-2-6-10-26;/h1-16,19,23,30-31,33-34,37-38H,17-18,20-22H2,(H,35,36);1H/t30-,31-;/m0./s1. The molecule has 0 spiro atoms. The molecule has 0 bridgehead atoms. The first-order chi connectivity index (χ1) is 19.1. The van der Waals surface area contributed by atoms with Crippen molar-refractivity contribution in [3.05, 3.63) is 125 Å². The molecule has 4 aromatic rings. The summed E-state index contributed by atoms with van der Waals surface area (Å²) >= 11 is 0. The molecule has 0 saturated heterocycles. The number of aliphatic hydroxyl groups is 2. The van der Waals surface area contributed by atoms with E-state index in [1.165, 1.54) is 5.56 Å². The fourth-order valence-electron chi connectivity index (χ4n) is 4.18. The summed E-state index contributed by atoms with van der Waals surface area (Å²) in [7, 11) is 0. The van der Waals surface area contributed by atoms with Gasteiger partial charge in [-0.3, -0.25) is 4.79 Å². The van der Waals surface area contributed by atoms with Crippen LogP contribution in [0.2, 0.25) is 0 Å². The first-order valence-corrected chi connectivity index (χ1v) is 13.1. The highest BCUT2D eigenvalue weighted by molar-refractivity contribution is 5.85. The molecule has 40 heavy (non-hydrogen) atoms. The summed E-state index contributed by atoms with van der Waals surface area (Å²) in [4.78, 5) is 11.1. The number of aliphatic hydroxyl groups excluding tert-OH is 2. The minimum absolute atomic E-state index is 0. The van der Waals surface area contributed by atoms with E-state index in [1.54, 1.807) is 12.1 Å². The lowest BCUT2D eigenvalue weighted by Gasteiger charge is -2.16. The molecule has 8 heteroatoms. The molecule has 0 aromatic heterocycles. The second-order valence-corrected chi connectivity index (χ2v) is 9.27. The van der Waals surface area contributed by atoms with Crippen LogP contribution in [0, 0.1) is 0 Å². The van der Waals surface area contributed by atoms with Gasteiger partial charge >= 0.3 is 0 Å². The summed E-state index contributed by atoms with van der Waals surface area (Å²) in [6.07, 6.45) is 0.114. The van der Waals surface area contributed by atoms with Crippen molar-refractivity contribution < 1.29 is 19.7 Å². The Morgan fingerprint density at radius 3 is 2.12 bits per heavy atom. The Balaban J connectivity index is 0.00000441. The number of carbonyl (C=O) groups is 1. The van der Waals surface area contributed by atoms with Crippen molar-refractivity contribution in [3.8, 4) is 5.75 Å². The number of hydrogen-bond acceptors (Lipinski definition) is 6. The molecule has 0 unspecified atom stereocenters. The highest BCUT2D eigenvalue weighted by atomic mass is 35.5. The molecular weight excluding hydrogens is 526 g/mol. The van der Waals surface area contributed by atoms with Gasteiger partial charge in [-0.2, -0.15) is 0 Å². The van der Waals surface area contributed by atoms with Gasteiger partial charge < -0.3 is 30.9 Å². The maximum Gasteiger partial charge on any atom is 0.211 e. The maximum absolute atomic E-state index is 11.1. The number of halogens is 1. The zero-order valence-corrected chi connectivity index (χ0v) is 23.0. The second-order valence-electron chi connectivity index (χ2n) is 9.27. The van der Waals surface area contributed by atoms with Crippen molar-refractivity contribution in [2.24, 2.45) is 0 Å². The molecule has 5 N–H and O–H groups in total. The summed E-state index contributed by atoms with van der Waals surface area (Å²) < 4.78 is 5.88. The topological polar surface area (TPSA) is 103 Å².